The molecule has 34 heavy (non-hydrogen) atoms. The van der Waals surface area contributed by atoms with Crippen molar-refractivity contribution >= 4 is 24.7 Å². The Labute approximate surface area is 206 Å². The number of allylic oxidation sites excluding steroid dienone is 1. The molecule has 5 atom stereocenters. The summed E-state index contributed by atoms with van der Waals surface area (Å²) in [5, 5.41) is 2.46. The second-order valence-corrected chi connectivity index (χ2v) is 15.4. The van der Waals surface area contributed by atoms with Crippen molar-refractivity contribution in [3.8, 4) is 0 Å². The van der Waals surface area contributed by atoms with Crippen LogP contribution in [-0.4, -0.2) is 28.0 Å². The molecule has 2 aromatic carbocycles. The zero-order valence-corrected chi connectivity index (χ0v) is 22.4. The van der Waals surface area contributed by atoms with Gasteiger partial charge in [0.15, 0.2) is 0 Å². The molecule has 0 saturated heterocycles. The van der Waals surface area contributed by atoms with E-state index in [1.807, 2.05) is 0 Å². The van der Waals surface area contributed by atoms with Gasteiger partial charge in [0, 0.05) is 12.5 Å². The number of carbonyl (C=O) groups excluding carboxylic acids is 1. The highest BCUT2D eigenvalue weighted by atomic mass is 28.4. The summed E-state index contributed by atoms with van der Waals surface area (Å²) in [4.78, 5) is 13.1. The van der Waals surface area contributed by atoms with Gasteiger partial charge < -0.3 is 9.16 Å². The van der Waals surface area contributed by atoms with Crippen LogP contribution in [0, 0.1) is 29.6 Å². The average molecular weight is 477 g/mol. The molecule has 0 bridgehead atoms. The number of ether oxygens (including phenoxy) is 1. The van der Waals surface area contributed by atoms with Gasteiger partial charge in [-0.05, 0) is 46.0 Å². The van der Waals surface area contributed by atoms with Crippen LogP contribution in [-0.2, 0) is 14.0 Å². The van der Waals surface area contributed by atoms with Crippen molar-refractivity contribution in [3.63, 3.8) is 0 Å². The van der Waals surface area contributed by atoms with E-state index in [2.05, 4.69) is 101 Å². The Hall–Kier alpha value is -2.17. The lowest BCUT2D eigenvalue weighted by atomic mass is 9.70. The van der Waals surface area contributed by atoms with Crippen LogP contribution in [0.3, 0.4) is 0 Å². The molecule has 1 saturated carbocycles. The van der Waals surface area contributed by atoms with Crippen molar-refractivity contribution in [2.24, 2.45) is 29.6 Å². The number of carbonyl (C=O) groups is 1. The van der Waals surface area contributed by atoms with Gasteiger partial charge in [0.2, 0.25) is 0 Å². The molecule has 0 aliphatic heterocycles. The molecule has 0 N–H and O–H groups in total. The maximum atomic E-state index is 13.1. The highest BCUT2D eigenvalue weighted by Crippen LogP contribution is 2.49. The average Bonchev–Trinajstić information content (AvgIpc) is 3.27. The molecule has 0 amide bonds. The fourth-order valence-corrected chi connectivity index (χ4v) is 11.3. The summed E-state index contributed by atoms with van der Waals surface area (Å²) in [5.41, 5.74) is 0. The van der Waals surface area contributed by atoms with Gasteiger partial charge in [-0.2, -0.15) is 0 Å². The van der Waals surface area contributed by atoms with Crippen LogP contribution in [0.25, 0.3) is 0 Å². The van der Waals surface area contributed by atoms with Crippen LogP contribution in [0.4, 0.5) is 0 Å². The molecular formula is C30H40O3Si. The van der Waals surface area contributed by atoms with E-state index in [4.69, 9.17) is 9.16 Å². The Balaban J connectivity index is 1.73. The van der Waals surface area contributed by atoms with Crippen molar-refractivity contribution in [2.45, 2.75) is 52.0 Å². The fraction of sp³-hybridized carbons (Fsp3) is 0.500. The summed E-state index contributed by atoms with van der Waals surface area (Å²) in [7, 11) is -1.12. The van der Waals surface area contributed by atoms with Crippen LogP contribution >= 0.6 is 0 Å². The van der Waals surface area contributed by atoms with Gasteiger partial charge in [-0.15, -0.1) is 0 Å². The Morgan fingerprint density at radius 1 is 0.941 bits per heavy atom. The van der Waals surface area contributed by atoms with E-state index in [9.17, 15) is 4.79 Å². The second kappa shape index (κ2) is 10.2. The maximum absolute atomic E-state index is 13.1. The number of hydrogen-bond acceptors (Lipinski definition) is 3. The van der Waals surface area contributed by atoms with Crippen molar-refractivity contribution < 1.29 is 14.0 Å². The zero-order chi connectivity index (χ0) is 24.3. The largest absolute Gasteiger partial charge is 0.469 e. The Bertz CT molecular complexity index is 940. The Morgan fingerprint density at radius 3 is 2.03 bits per heavy atom. The van der Waals surface area contributed by atoms with Crippen LogP contribution in [0.1, 0.15) is 47.0 Å². The summed E-state index contributed by atoms with van der Waals surface area (Å²) in [6.07, 6.45) is 8.14. The minimum absolute atomic E-state index is 0.0333. The predicted octanol–water partition coefficient (Wildman–Crippen LogP) is 5.59. The molecule has 2 aliphatic rings. The first-order valence-electron chi connectivity index (χ1n) is 12.8. The van der Waals surface area contributed by atoms with E-state index < -0.39 is 8.32 Å². The maximum Gasteiger partial charge on any atom is 0.309 e. The molecule has 4 rings (SSSR count). The van der Waals surface area contributed by atoms with E-state index >= 15 is 0 Å². The van der Waals surface area contributed by atoms with Gasteiger partial charge in [0.25, 0.3) is 8.32 Å². The zero-order valence-electron chi connectivity index (χ0n) is 21.4. The standard InChI is InChI=1S/C30H40O3Si/c1-6-22-17-20-27-26(22)19-18-23(28(27)29(31)32-5)21-33-34(30(2,3)4,24-13-9-7-10-14-24)25-15-11-8-12-16-25/h7-16,18-19,22-23,26-28H,6,17,20-21H2,1-5H3. The molecule has 4 heteroatoms. The summed E-state index contributed by atoms with van der Waals surface area (Å²) in [6.45, 7) is 9.70. The van der Waals surface area contributed by atoms with Gasteiger partial charge in [-0.25, -0.2) is 0 Å². The Morgan fingerprint density at radius 2 is 1.53 bits per heavy atom. The summed E-state index contributed by atoms with van der Waals surface area (Å²) >= 11 is 0. The first kappa shape index (κ1) is 24.9. The van der Waals surface area contributed by atoms with Crippen molar-refractivity contribution in [1.82, 2.24) is 0 Å². The number of hydrogen-bond donors (Lipinski definition) is 0. The molecule has 5 unspecified atom stereocenters. The third kappa shape index (κ3) is 4.43. The molecule has 0 aromatic heterocycles. The third-order valence-electron chi connectivity index (χ3n) is 8.32. The molecule has 2 aliphatic carbocycles. The highest BCUT2D eigenvalue weighted by molar-refractivity contribution is 6.99. The first-order valence-corrected chi connectivity index (χ1v) is 14.8. The van der Waals surface area contributed by atoms with Gasteiger partial charge in [0.05, 0.1) is 13.0 Å². The molecule has 2 aromatic rings. The van der Waals surface area contributed by atoms with Crippen molar-refractivity contribution in [1.29, 1.82) is 0 Å². The number of fused-ring (bicyclic) bond motifs is 1. The number of benzene rings is 2. The van der Waals surface area contributed by atoms with Gasteiger partial charge in [-0.1, -0.05) is 107 Å². The summed E-state index contributed by atoms with van der Waals surface area (Å²) in [5.74, 6) is 1.34. The van der Waals surface area contributed by atoms with Gasteiger partial charge >= 0.3 is 5.97 Å². The molecule has 0 spiro atoms. The smallest absolute Gasteiger partial charge is 0.309 e. The number of methoxy groups -OCH3 is 1. The predicted molar refractivity (Wildman–Crippen MR) is 142 cm³/mol. The topological polar surface area (TPSA) is 35.5 Å². The van der Waals surface area contributed by atoms with Gasteiger partial charge in [-0.3, -0.25) is 4.79 Å². The second-order valence-electron chi connectivity index (χ2n) is 11.1. The SMILES string of the molecule is CCC1CCC2C1C=CC(CO[Si](c1ccccc1)(c1ccccc1)C(C)(C)C)C2C(=O)OC. The summed E-state index contributed by atoms with van der Waals surface area (Å²) < 4.78 is 12.6. The van der Waals surface area contributed by atoms with Crippen molar-refractivity contribution in [3.05, 3.63) is 72.8 Å². The van der Waals surface area contributed by atoms with Crippen LogP contribution in [0.2, 0.25) is 5.04 Å². The summed E-state index contributed by atoms with van der Waals surface area (Å²) in [6, 6.07) is 21.5. The van der Waals surface area contributed by atoms with Crippen LogP contribution in [0.15, 0.2) is 72.8 Å². The highest BCUT2D eigenvalue weighted by Gasteiger charge is 2.52. The Kier molecular flexibility index (Phi) is 7.49. The molecule has 1 fully saturated rings. The van der Waals surface area contributed by atoms with E-state index in [0.29, 0.717) is 24.4 Å². The quantitative estimate of drug-likeness (QED) is 0.297. The number of rotatable bonds is 7. The minimum Gasteiger partial charge on any atom is -0.469 e. The van der Waals surface area contributed by atoms with E-state index in [0.717, 1.165) is 6.42 Å². The third-order valence-corrected chi connectivity index (χ3v) is 13.3. The van der Waals surface area contributed by atoms with Crippen LogP contribution in [0.5, 0.6) is 0 Å². The molecule has 182 valence electrons. The van der Waals surface area contributed by atoms with E-state index in [1.54, 1.807) is 0 Å². The lowest BCUT2D eigenvalue weighted by Gasteiger charge is -2.45. The fourth-order valence-electron chi connectivity index (χ4n) is 6.67. The molecular weight excluding hydrogens is 436 g/mol. The van der Waals surface area contributed by atoms with Crippen molar-refractivity contribution in [2.75, 3.05) is 13.7 Å². The lowest BCUT2D eigenvalue weighted by molar-refractivity contribution is -0.150. The monoisotopic (exact) mass is 476 g/mol. The minimum atomic E-state index is -2.65. The molecule has 0 heterocycles. The van der Waals surface area contributed by atoms with Gasteiger partial charge in [0.1, 0.15) is 0 Å². The number of esters is 1. The first-order chi connectivity index (χ1) is 16.3. The van der Waals surface area contributed by atoms with E-state index in [1.165, 1.54) is 30.3 Å². The van der Waals surface area contributed by atoms with Crippen LogP contribution < -0.4 is 10.4 Å². The molecule has 0 radical (unpaired) electrons. The lowest BCUT2D eigenvalue weighted by Crippen LogP contribution is -2.67. The normalized spacial score (nSPS) is 26.8. The molecule has 3 nitrogen and oxygen atoms in total. The van der Waals surface area contributed by atoms with E-state index in [-0.39, 0.29) is 22.8 Å².